The summed E-state index contributed by atoms with van der Waals surface area (Å²) < 4.78 is 10.1. The largest absolute Gasteiger partial charge is 0.482 e. The van der Waals surface area contributed by atoms with Gasteiger partial charge in [0, 0.05) is 13.0 Å². The standard InChI is InChI=1S/C21H22N2O5/c1-27-21(26)13-16(15-7-3-2-4-8-15)22-19(24)11-12-23-17-9-5-6-10-18(17)28-14-20(23)25/h2-10,16H,11-14H2,1H3,(H,22,24)/t16-/m0/s1. The summed E-state index contributed by atoms with van der Waals surface area (Å²) in [4.78, 5) is 38.0. The molecule has 0 spiro atoms. The highest BCUT2D eigenvalue weighted by Gasteiger charge is 2.26. The molecule has 0 saturated heterocycles. The van der Waals surface area contributed by atoms with Crippen LogP contribution in [0, 0.1) is 0 Å². The molecule has 0 aliphatic carbocycles. The molecule has 1 heterocycles. The van der Waals surface area contributed by atoms with E-state index in [4.69, 9.17) is 9.47 Å². The van der Waals surface area contributed by atoms with E-state index in [-0.39, 0.29) is 37.8 Å². The van der Waals surface area contributed by atoms with Crippen LogP contribution >= 0.6 is 0 Å². The Bertz CT molecular complexity index is 853. The minimum absolute atomic E-state index is 0.0333. The van der Waals surface area contributed by atoms with Crippen molar-refractivity contribution in [2.24, 2.45) is 0 Å². The topological polar surface area (TPSA) is 84.9 Å². The van der Waals surface area contributed by atoms with Gasteiger partial charge in [-0.1, -0.05) is 42.5 Å². The van der Waals surface area contributed by atoms with Gasteiger partial charge in [0.1, 0.15) is 5.75 Å². The van der Waals surface area contributed by atoms with Gasteiger partial charge in [0.25, 0.3) is 5.91 Å². The lowest BCUT2D eigenvalue weighted by atomic mass is 10.0. The second-order valence-corrected chi connectivity index (χ2v) is 6.36. The molecule has 2 amide bonds. The number of nitrogens with zero attached hydrogens (tertiary/aromatic N) is 1. The first-order valence-electron chi connectivity index (χ1n) is 9.02. The van der Waals surface area contributed by atoms with E-state index in [0.717, 1.165) is 5.56 Å². The molecule has 1 aliphatic heterocycles. The molecule has 1 atom stereocenters. The number of fused-ring (bicyclic) bond motifs is 1. The van der Waals surface area contributed by atoms with Gasteiger partial charge in [-0.05, 0) is 17.7 Å². The Morgan fingerprint density at radius 2 is 1.86 bits per heavy atom. The maximum absolute atomic E-state index is 12.5. The monoisotopic (exact) mass is 382 g/mol. The molecule has 3 rings (SSSR count). The van der Waals surface area contributed by atoms with E-state index < -0.39 is 12.0 Å². The van der Waals surface area contributed by atoms with Crippen LogP contribution in [0.5, 0.6) is 5.75 Å². The van der Waals surface area contributed by atoms with Gasteiger partial charge in [0.15, 0.2) is 6.61 Å². The molecule has 0 radical (unpaired) electrons. The fourth-order valence-electron chi connectivity index (χ4n) is 3.07. The fraction of sp³-hybridized carbons (Fsp3) is 0.286. The summed E-state index contributed by atoms with van der Waals surface area (Å²) in [5.41, 5.74) is 1.47. The predicted molar refractivity (Wildman–Crippen MR) is 103 cm³/mol. The molecule has 2 aromatic carbocycles. The number of anilines is 1. The molecule has 0 unspecified atom stereocenters. The highest BCUT2D eigenvalue weighted by atomic mass is 16.5. The van der Waals surface area contributed by atoms with Gasteiger partial charge in [0.05, 0.1) is 25.3 Å². The summed E-state index contributed by atoms with van der Waals surface area (Å²) in [6.07, 6.45) is 0.135. The van der Waals surface area contributed by atoms with E-state index in [1.165, 1.54) is 7.11 Å². The number of rotatable bonds is 7. The number of carbonyl (C=O) groups is 3. The van der Waals surface area contributed by atoms with Crippen molar-refractivity contribution < 1.29 is 23.9 Å². The van der Waals surface area contributed by atoms with Crippen LogP contribution in [0.4, 0.5) is 5.69 Å². The maximum Gasteiger partial charge on any atom is 0.307 e. The average molecular weight is 382 g/mol. The average Bonchev–Trinajstić information content (AvgIpc) is 2.73. The summed E-state index contributed by atoms with van der Waals surface area (Å²) in [5.74, 6) is -0.239. The number of nitrogens with one attached hydrogen (secondary N) is 1. The van der Waals surface area contributed by atoms with E-state index >= 15 is 0 Å². The van der Waals surface area contributed by atoms with Gasteiger partial charge in [0.2, 0.25) is 5.91 Å². The van der Waals surface area contributed by atoms with Crippen molar-refractivity contribution in [1.82, 2.24) is 5.32 Å². The van der Waals surface area contributed by atoms with Crippen molar-refractivity contribution in [2.75, 3.05) is 25.2 Å². The third-order valence-corrected chi connectivity index (χ3v) is 4.51. The summed E-state index contributed by atoms with van der Waals surface area (Å²) in [5, 5.41) is 2.87. The van der Waals surface area contributed by atoms with Gasteiger partial charge in [-0.15, -0.1) is 0 Å². The summed E-state index contributed by atoms with van der Waals surface area (Å²) in [7, 11) is 1.31. The van der Waals surface area contributed by atoms with Gasteiger partial charge < -0.3 is 19.7 Å². The minimum Gasteiger partial charge on any atom is -0.482 e. The van der Waals surface area contributed by atoms with Crippen molar-refractivity contribution in [3.8, 4) is 5.75 Å². The number of carbonyl (C=O) groups excluding carboxylic acids is 3. The van der Waals surface area contributed by atoms with Crippen LogP contribution in [0.25, 0.3) is 0 Å². The lowest BCUT2D eigenvalue weighted by Crippen LogP contribution is -2.41. The lowest BCUT2D eigenvalue weighted by Gasteiger charge is -2.29. The van der Waals surface area contributed by atoms with Crippen molar-refractivity contribution in [3.63, 3.8) is 0 Å². The van der Waals surface area contributed by atoms with E-state index in [1.807, 2.05) is 42.5 Å². The van der Waals surface area contributed by atoms with Crippen molar-refractivity contribution >= 4 is 23.5 Å². The Kier molecular flexibility index (Phi) is 6.26. The summed E-state index contributed by atoms with van der Waals surface area (Å²) in [6.45, 7) is 0.179. The molecular formula is C21H22N2O5. The molecule has 0 aromatic heterocycles. The Morgan fingerprint density at radius 3 is 2.61 bits per heavy atom. The highest BCUT2D eigenvalue weighted by Crippen LogP contribution is 2.31. The molecule has 2 aromatic rings. The van der Waals surface area contributed by atoms with Gasteiger partial charge >= 0.3 is 5.97 Å². The Hall–Kier alpha value is -3.35. The molecule has 1 N–H and O–H groups in total. The molecule has 0 fully saturated rings. The third-order valence-electron chi connectivity index (χ3n) is 4.51. The molecule has 146 valence electrons. The fourth-order valence-corrected chi connectivity index (χ4v) is 3.07. The van der Waals surface area contributed by atoms with E-state index in [9.17, 15) is 14.4 Å². The number of amides is 2. The Morgan fingerprint density at radius 1 is 1.14 bits per heavy atom. The first-order chi connectivity index (χ1) is 13.6. The van der Waals surface area contributed by atoms with E-state index in [1.54, 1.807) is 17.0 Å². The first-order valence-corrected chi connectivity index (χ1v) is 9.02. The van der Waals surface area contributed by atoms with Crippen molar-refractivity contribution in [1.29, 1.82) is 0 Å². The number of ether oxygens (including phenoxy) is 2. The van der Waals surface area contributed by atoms with Crippen LogP contribution in [-0.4, -0.2) is 38.0 Å². The number of hydrogen-bond acceptors (Lipinski definition) is 5. The zero-order valence-corrected chi connectivity index (χ0v) is 15.6. The van der Waals surface area contributed by atoms with Crippen LogP contribution in [0.15, 0.2) is 54.6 Å². The maximum atomic E-state index is 12.5. The molecular weight excluding hydrogens is 360 g/mol. The molecule has 0 saturated carbocycles. The normalized spacial score (nSPS) is 13.9. The van der Waals surface area contributed by atoms with Crippen LogP contribution in [0.2, 0.25) is 0 Å². The van der Waals surface area contributed by atoms with Crippen LogP contribution in [-0.2, 0) is 19.1 Å². The number of benzene rings is 2. The summed E-state index contributed by atoms with van der Waals surface area (Å²) >= 11 is 0. The molecule has 1 aliphatic rings. The van der Waals surface area contributed by atoms with Crippen molar-refractivity contribution in [2.45, 2.75) is 18.9 Å². The van der Waals surface area contributed by atoms with E-state index in [0.29, 0.717) is 11.4 Å². The smallest absolute Gasteiger partial charge is 0.307 e. The summed E-state index contributed by atoms with van der Waals surface area (Å²) in [6, 6.07) is 16.0. The van der Waals surface area contributed by atoms with Crippen LogP contribution in [0.3, 0.4) is 0 Å². The zero-order chi connectivity index (χ0) is 19.9. The second kappa shape index (κ2) is 9.03. The van der Waals surface area contributed by atoms with Crippen molar-refractivity contribution in [3.05, 3.63) is 60.2 Å². The van der Waals surface area contributed by atoms with E-state index in [2.05, 4.69) is 5.32 Å². The Balaban J connectivity index is 1.65. The molecule has 7 heteroatoms. The predicted octanol–water partition coefficient (Wildman–Crippen LogP) is 2.22. The quantitative estimate of drug-likeness (QED) is 0.743. The molecule has 7 nitrogen and oxygen atoms in total. The number of methoxy groups -OCH3 is 1. The molecule has 28 heavy (non-hydrogen) atoms. The minimum atomic E-state index is -0.492. The van der Waals surface area contributed by atoms with Crippen LogP contribution in [0.1, 0.15) is 24.4 Å². The van der Waals surface area contributed by atoms with Gasteiger partial charge in [-0.2, -0.15) is 0 Å². The second-order valence-electron chi connectivity index (χ2n) is 6.36. The first kappa shape index (κ1) is 19.4. The van der Waals surface area contributed by atoms with Gasteiger partial charge in [-0.25, -0.2) is 0 Å². The Labute approximate surface area is 163 Å². The number of para-hydroxylation sites is 2. The zero-order valence-electron chi connectivity index (χ0n) is 15.6. The number of esters is 1. The van der Waals surface area contributed by atoms with Gasteiger partial charge in [-0.3, -0.25) is 14.4 Å². The highest BCUT2D eigenvalue weighted by molar-refractivity contribution is 5.98. The lowest BCUT2D eigenvalue weighted by molar-refractivity contribution is -0.141. The molecule has 0 bridgehead atoms. The van der Waals surface area contributed by atoms with Crippen LogP contribution < -0.4 is 15.0 Å². The third kappa shape index (κ3) is 4.68. The number of hydrogen-bond donors (Lipinski definition) is 1. The SMILES string of the molecule is COC(=O)C[C@H](NC(=O)CCN1C(=O)COc2ccccc21)c1ccccc1.